The maximum absolute atomic E-state index is 6.16. The lowest BCUT2D eigenvalue weighted by molar-refractivity contribution is 0.609. The zero-order valence-electron chi connectivity index (χ0n) is 12.8. The fourth-order valence-electron chi connectivity index (χ4n) is 2.82. The predicted molar refractivity (Wildman–Crippen MR) is 89.0 cm³/mol. The molecule has 0 amide bonds. The van der Waals surface area contributed by atoms with Gasteiger partial charge in [-0.05, 0) is 39.8 Å². The highest BCUT2D eigenvalue weighted by Gasteiger charge is 2.18. The molecule has 0 spiro atoms. The summed E-state index contributed by atoms with van der Waals surface area (Å²) in [6.45, 7) is 8.91. The summed E-state index contributed by atoms with van der Waals surface area (Å²) in [6, 6.07) is 17.5. The summed E-state index contributed by atoms with van der Waals surface area (Å²) in [5.41, 5.74) is 10.5. The fourth-order valence-corrected chi connectivity index (χ4v) is 2.82. The molecule has 2 aromatic carbocycles. The summed E-state index contributed by atoms with van der Waals surface area (Å²) in [5.74, 6) is 0. The molecule has 0 aliphatic carbocycles. The van der Waals surface area contributed by atoms with E-state index in [1.807, 2.05) is 18.2 Å². The third kappa shape index (κ3) is 2.79. The van der Waals surface area contributed by atoms with Crippen LogP contribution in [0, 0.1) is 0 Å². The molecule has 2 heteroatoms. The maximum Gasteiger partial charge on any atom is 0.0451 e. The van der Waals surface area contributed by atoms with Gasteiger partial charge in [-0.1, -0.05) is 36.4 Å². The zero-order valence-corrected chi connectivity index (χ0v) is 12.8. The van der Waals surface area contributed by atoms with Crippen molar-refractivity contribution in [2.24, 2.45) is 0 Å². The van der Waals surface area contributed by atoms with Crippen molar-refractivity contribution in [3.05, 3.63) is 48.5 Å². The minimum Gasteiger partial charge on any atom is -0.398 e. The van der Waals surface area contributed by atoms with E-state index in [1.54, 1.807) is 0 Å². The van der Waals surface area contributed by atoms with Gasteiger partial charge in [-0.15, -0.1) is 0 Å². The van der Waals surface area contributed by atoms with Crippen molar-refractivity contribution >= 4 is 11.4 Å². The molecule has 20 heavy (non-hydrogen) atoms. The summed E-state index contributed by atoms with van der Waals surface area (Å²) < 4.78 is 0. The van der Waals surface area contributed by atoms with Crippen LogP contribution in [-0.4, -0.2) is 12.1 Å². The molecule has 0 radical (unpaired) electrons. The standard InChI is InChI=1S/C18H24N2/c1-13(2)20(14(3)4)18-12-8-6-10-16(18)15-9-5-7-11-17(15)19/h5-14H,19H2,1-4H3. The van der Waals surface area contributed by atoms with E-state index >= 15 is 0 Å². The van der Waals surface area contributed by atoms with Crippen LogP contribution in [0.1, 0.15) is 27.7 Å². The number of benzene rings is 2. The number of anilines is 2. The maximum atomic E-state index is 6.16. The van der Waals surface area contributed by atoms with Crippen LogP contribution in [0.5, 0.6) is 0 Å². The lowest BCUT2D eigenvalue weighted by Crippen LogP contribution is -2.37. The van der Waals surface area contributed by atoms with E-state index in [1.165, 1.54) is 11.3 Å². The SMILES string of the molecule is CC(C)N(c1ccccc1-c1ccccc1N)C(C)C. The number of nitrogen functional groups attached to an aromatic ring is 1. The Morgan fingerprint density at radius 2 is 1.25 bits per heavy atom. The van der Waals surface area contributed by atoms with Crippen LogP contribution in [0.15, 0.2) is 48.5 Å². The number of nitrogens with two attached hydrogens (primary N) is 1. The molecule has 2 nitrogen and oxygen atoms in total. The number of para-hydroxylation sites is 2. The van der Waals surface area contributed by atoms with E-state index in [0.717, 1.165) is 11.3 Å². The van der Waals surface area contributed by atoms with Crippen LogP contribution in [0.2, 0.25) is 0 Å². The van der Waals surface area contributed by atoms with Gasteiger partial charge in [-0.25, -0.2) is 0 Å². The normalized spacial score (nSPS) is 11.1. The summed E-state index contributed by atoms with van der Waals surface area (Å²) in [6.07, 6.45) is 0. The Morgan fingerprint density at radius 3 is 1.80 bits per heavy atom. The Morgan fingerprint density at radius 1 is 0.750 bits per heavy atom. The molecule has 0 saturated heterocycles. The van der Waals surface area contributed by atoms with Crippen molar-refractivity contribution in [2.75, 3.05) is 10.6 Å². The van der Waals surface area contributed by atoms with E-state index in [4.69, 9.17) is 5.73 Å². The van der Waals surface area contributed by atoms with Crippen molar-refractivity contribution in [2.45, 2.75) is 39.8 Å². The quantitative estimate of drug-likeness (QED) is 0.824. The number of hydrogen-bond acceptors (Lipinski definition) is 2. The van der Waals surface area contributed by atoms with Gasteiger partial charge >= 0.3 is 0 Å². The van der Waals surface area contributed by atoms with Crippen LogP contribution < -0.4 is 10.6 Å². The van der Waals surface area contributed by atoms with E-state index in [2.05, 4.69) is 62.9 Å². The first-order chi connectivity index (χ1) is 9.52. The molecule has 0 aromatic heterocycles. The predicted octanol–water partition coefficient (Wildman–Crippen LogP) is 4.56. The molecule has 0 aliphatic rings. The second-order valence-corrected chi connectivity index (χ2v) is 5.70. The fraction of sp³-hybridized carbons (Fsp3) is 0.333. The second kappa shape index (κ2) is 6.00. The van der Waals surface area contributed by atoms with Crippen LogP contribution >= 0.6 is 0 Å². The van der Waals surface area contributed by atoms with E-state index < -0.39 is 0 Å². The first-order valence-electron chi connectivity index (χ1n) is 7.24. The lowest BCUT2D eigenvalue weighted by Gasteiger charge is -2.35. The molecule has 2 N–H and O–H groups in total. The number of hydrogen-bond donors (Lipinski definition) is 1. The highest BCUT2D eigenvalue weighted by atomic mass is 15.2. The van der Waals surface area contributed by atoms with Crippen molar-refractivity contribution in [3.8, 4) is 11.1 Å². The molecule has 2 aromatic rings. The molecule has 2 rings (SSSR count). The van der Waals surface area contributed by atoms with Crippen molar-refractivity contribution < 1.29 is 0 Å². The average molecular weight is 268 g/mol. The molecule has 0 unspecified atom stereocenters. The summed E-state index contributed by atoms with van der Waals surface area (Å²) in [4.78, 5) is 2.43. The number of rotatable bonds is 4. The third-order valence-corrected chi connectivity index (χ3v) is 3.55. The topological polar surface area (TPSA) is 29.3 Å². The van der Waals surface area contributed by atoms with Crippen LogP contribution in [0.4, 0.5) is 11.4 Å². The third-order valence-electron chi connectivity index (χ3n) is 3.55. The zero-order chi connectivity index (χ0) is 14.7. The summed E-state index contributed by atoms with van der Waals surface area (Å²) >= 11 is 0. The first-order valence-corrected chi connectivity index (χ1v) is 7.24. The molecule has 0 atom stereocenters. The van der Waals surface area contributed by atoms with Gasteiger partial charge in [0.15, 0.2) is 0 Å². The average Bonchev–Trinajstić information content (AvgIpc) is 2.39. The van der Waals surface area contributed by atoms with E-state index in [9.17, 15) is 0 Å². The Kier molecular flexibility index (Phi) is 4.33. The van der Waals surface area contributed by atoms with Crippen LogP contribution in [-0.2, 0) is 0 Å². The summed E-state index contributed by atoms with van der Waals surface area (Å²) in [5, 5.41) is 0. The van der Waals surface area contributed by atoms with Gasteiger partial charge in [0.05, 0.1) is 0 Å². The molecule has 0 bridgehead atoms. The monoisotopic (exact) mass is 268 g/mol. The minimum atomic E-state index is 0.445. The Balaban J connectivity index is 2.59. The Hall–Kier alpha value is -1.96. The molecule has 0 fully saturated rings. The van der Waals surface area contributed by atoms with Gasteiger partial charge in [-0.2, -0.15) is 0 Å². The van der Waals surface area contributed by atoms with Gasteiger partial charge in [-0.3, -0.25) is 0 Å². The Bertz CT molecular complexity index is 565. The van der Waals surface area contributed by atoms with Crippen LogP contribution in [0.25, 0.3) is 11.1 Å². The summed E-state index contributed by atoms with van der Waals surface area (Å²) in [7, 11) is 0. The van der Waals surface area contributed by atoms with Crippen molar-refractivity contribution in [1.82, 2.24) is 0 Å². The largest absolute Gasteiger partial charge is 0.398 e. The van der Waals surface area contributed by atoms with Crippen molar-refractivity contribution in [1.29, 1.82) is 0 Å². The van der Waals surface area contributed by atoms with E-state index in [0.29, 0.717) is 12.1 Å². The van der Waals surface area contributed by atoms with E-state index in [-0.39, 0.29) is 0 Å². The highest BCUT2D eigenvalue weighted by molar-refractivity contribution is 5.85. The first kappa shape index (κ1) is 14.4. The lowest BCUT2D eigenvalue weighted by atomic mass is 10.00. The number of nitrogens with zero attached hydrogens (tertiary/aromatic N) is 1. The molecule has 106 valence electrons. The van der Waals surface area contributed by atoms with Crippen LogP contribution in [0.3, 0.4) is 0 Å². The molecule has 0 saturated carbocycles. The Labute approximate surface area is 122 Å². The van der Waals surface area contributed by atoms with Gasteiger partial charge in [0.25, 0.3) is 0 Å². The molecule has 0 heterocycles. The second-order valence-electron chi connectivity index (χ2n) is 5.70. The molecule has 0 aliphatic heterocycles. The van der Waals surface area contributed by atoms with Gasteiger partial charge < -0.3 is 10.6 Å². The van der Waals surface area contributed by atoms with Gasteiger partial charge in [0.2, 0.25) is 0 Å². The van der Waals surface area contributed by atoms with Gasteiger partial charge in [0.1, 0.15) is 0 Å². The minimum absolute atomic E-state index is 0.445. The molecular formula is C18H24N2. The van der Waals surface area contributed by atoms with Crippen molar-refractivity contribution in [3.63, 3.8) is 0 Å². The molecular weight excluding hydrogens is 244 g/mol. The smallest absolute Gasteiger partial charge is 0.0451 e. The van der Waals surface area contributed by atoms with Gasteiger partial charge in [0, 0.05) is 34.6 Å². The highest BCUT2D eigenvalue weighted by Crippen LogP contribution is 2.35.